The Morgan fingerprint density at radius 2 is 1.90 bits per heavy atom. The smallest absolute Gasteiger partial charge is 0.172 e. The van der Waals surface area contributed by atoms with Crippen LogP contribution in [-0.4, -0.2) is 94.5 Å². The number of piperidine rings is 1. The normalized spacial score (nSPS) is 20.4. The lowest BCUT2D eigenvalue weighted by Gasteiger charge is -2.48. The maximum absolute atomic E-state index is 13.8. The van der Waals surface area contributed by atoms with Crippen molar-refractivity contribution >= 4 is 28.9 Å². The van der Waals surface area contributed by atoms with E-state index in [9.17, 15) is 19.0 Å². The molecule has 41 heavy (non-hydrogen) atoms. The van der Waals surface area contributed by atoms with Crippen molar-refractivity contribution in [3.8, 4) is 0 Å². The van der Waals surface area contributed by atoms with Crippen molar-refractivity contribution in [2.75, 3.05) is 63.1 Å². The van der Waals surface area contributed by atoms with Gasteiger partial charge in [0.05, 0.1) is 25.0 Å². The molecule has 3 heterocycles. The Bertz CT molecular complexity index is 1200. The Labute approximate surface area is 246 Å². The lowest BCUT2D eigenvalue weighted by molar-refractivity contribution is 0.0355. The summed E-state index contributed by atoms with van der Waals surface area (Å²) in [6, 6.07) is 4.19. The van der Waals surface area contributed by atoms with Gasteiger partial charge in [0, 0.05) is 51.4 Å². The zero-order chi connectivity index (χ0) is 29.5. The van der Waals surface area contributed by atoms with Crippen molar-refractivity contribution in [1.29, 1.82) is 0 Å². The van der Waals surface area contributed by atoms with Gasteiger partial charge in [-0.15, -0.1) is 0 Å². The summed E-state index contributed by atoms with van der Waals surface area (Å²) < 4.78 is 27.3. The molecule has 2 saturated heterocycles. The maximum atomic E-state index is 13.8. The van der Waals surface area contributed by atoms with E-state index in [2.05, 4.69) is 36.9 Å². The summed E-state index contributed by atoms with van der Waals surface area (Å²) in [4.78, 5) is 16.1. The van der Waals surface area contributed by atoms with Gasteiger partial charge in [-0.05, 0) is 43.4 Å². The quantitative estimate of drug-likeness (QED) is 0.311. The van der Waals surface area contributed by atoms with Crippen molar-refractivity contribution in [2.24, 2.45) is 0 Å². The van der Waals surface area contributed by atoms with E-state index in [1.54, 1.807) is 6.07 Å². The number of nitrogens with zero attached hydrogens (tertiary/aromatic N) is 5. The fraction of sp³-hybridized carbons (Fsp3) is 0.586. The van der Waals surface area contributed by atoms with Crippen LogP contribution in [0.3, 0.4) is 0 Å². The molecule has 1 aromatic carbocycles. The van der Waals surface area contributed by atoms with Gasteiger partial charge in [0.2, 0.25) is 0 Å². The van der Waals surface area contributed by atoms with Gasteiger partial charge >= 0.3 is 0 Å². The van der Waals surface area contributed by atoms with Gasteiger partial charge < -0.3 is 26.2 Å². The van der Waals surface area contributed by atoms with Gasteiger partial charge in [-0.1, -0.05) is 37.6 Å². The number of hydrogen-bond donors (Lipinski definition) is 4. The number of likely N-dealkylation sites (tertiary alicyclic amines) is 1. The topological polar surface area (TPSA) is 114 Å². The van der Waals surface area contributed by atoms with Crippen molar-refractivity contribution < 1.29 is 19.0 Å². The van der Waals surface area contributed by atoms with Gasteiger partial charge in [-0.3, -0.25) is 9.80 Å². The van der Waals surface area contributed by atoms with Crippen molar-refractivity contribution in [3.05, 3.63) is 52.3 Å². The standard InChI is InChI=1S/C29H42ClF2N7O2/c1-3-5-24(34-10-15-40)26-28(33)36-29(27(30)35-26)38-13-14-39(20(4-2)17-38)21-8-11-37(12-9-21)25(18-41)19-6-7-22(31)23(32)16-19/h5-7,16,20-21,25,34,40-41H,3-4,8-15,17-18H2,1-2H3,(H2,33,36)/b24-5+/t20-,25-/m0/s1. The average molecular weight is 594 g/mol. The highest BCUT2D eigenvalue weighted by molar-refractivity contribution is 6.31. The van der Waals surface area contributed by atoms with E-state index >= 15 is 0 Å². The number of nitrogens with two attached hydrogens (primary N) is 1. The van der Waals surface area contributed by atoms with Crippen LogP contribution in [0.25, 0.3) is 5.70 Å². The molecule has 1 aromatic heterocycles. The molecule has 2 aliphatic rings. The fourth-order valence-corrected chi connectivity index (χ4v) is 6.30. The summed E-state index contributed by atoms with van der Waals surface area (Å²) >= 11 is 6.66. The number of anilines is 2. The predicted molar refractivity (Wildman–Crippen MR) is 159 cm³/mol. The molecule has 2 aliphatic heterocycles. The lowest BCUT2D eigenvalue weighted by Crippen LogP contribution is -2.58. The number of piperazine rings is 1. The molecule has 0 radical (unpaired) electrons. The second kappa shape index (κ2) is 14.6. The minimum Gasteiger partial charge on any atom is -0.395 e. The summed E-state index contributed by atoms with van der Waals surface area (Å²) in [7, 11) is 0. The van der Waals surface area contributed by atoms with Crippen LogP contribution in [-0.2, 0) is 0 Å². The molecule has 4 rings (SSSR count). The second-order valence-corrected chi connectivity index (χ2v) is 11.0. The molecule has 0 aliphatic carbocycles. The molecular formula is C29H42ClF2N7O2. The number of nitrogens with one attached hydrogen (secondary N) is 1. The van der Waals surface area contributed by atoms with Gasteiger partial charge in [-0.25, -0.2) is 18.7 Å². The first kappa shape index (κ1) is 31.4. The monoisotopic (exact) mass is 593 g/mol. The van der Waals surface area contributed by atoms with Crippen LogP contribution in [0.1, 0.15) is 56.8 Å². The van der Waals surface area contributed by atoms with Crippen LogP contribution >= 0.6 is 11.6 Å². The zero-order valence-electron chi connectivity index (χ0n) is 23.9. The molecule has 5 N–H and O–H groups in total. The first-order chi connectivity index (χ1) is 19.8. The molecule has 2 aromatic rings. The molecule has 2 atom stereocenters. The number of rotatable bonds is 11. The highest BCUT2D eigenvalue weighted by Gasteiger charge is 2.35. The van der Waals surface area contributed by atoms with Gasteiger partial charge in [0.15, 0.2) is 28.4 Å². The van der Waals surface area contributed by atoms with Crippen LogP contribution in [0.4, 0.5) is 20.4 Å². The molecular weight excluding hydrogens is 552 g/mol. The Balaban J connectivity index is 1.41. The SMILES string of the molecule is CC/C=C(/NCCO)c1nc(Cl)c(N2CCN(C3CCN([C@@H](CO)c4ccc(F)c(F)c4)CC3)[C@@H](CC)C2)nc1N. The molecule has 0 amide bonds. The van der Waals surface area contributed by atoms with Crippen molar-refractivity contribution in [2.45, 2.75) is 57.7 Å². The van der Waals surface area contributed by atoms with Gasteiger partial charge in [0.1, 0.15) is 5.69 Å². The number of aromatic nitrogens is 2. The third-order valence-electron chi connectivity index (χ3n) is 8.16. The highest BCUT2D eigenvalue weighted by Crippen LogP contribution is 2.32. The third kappa shape index (κ3) is 7.26. The summed E-state index contributed by atoms with van der Waals surface area (Å²) in [5.74, 6) is -0.905. The van der Waals surface area contributed by atoms with Gasteiger partial charge in [0.25, 0.3) is 0 Å². The van der Waals surface area contributed by atoms with Crippen LogP contribution in [0, 0.1) is 11.6 Å². The summed E-state index contributed by atoms with van der Waals surface area (Å²) in [6.45, 7) is 8.24. The third-order valence-corrected chi connectivity index (χ3v) is 8.42. The van der Waals surface area contributed by atoms with Gasteiger partial charge in [-0.2, -0.15) is 0 Å². The highest BCUT2D eigenvalue weighted by atomic mass is 35.5. The van der Waals surface area contributed by atoms with Crippen LogP contribution in [0.15, 0.2) is 24.3 Å². The molecule has 0 spiro atoms. The van der Waals surface area contributed by atoms with Crippen LogP contribution < -0.4 is 16.0 Å². The van der Waals surface area contributed by atoms with E-state index in [-0.39, 0.29) is 25.1 Å². The van der Waals surface area contributed by atoms with Crippen LogP contribution in [0.5, 0.6) is 0 Å². The second-order valence-electron chi connectivity index (χ2n) is 10.6. The van der Waals surface area contributed by atoms with Crippen LogP contribution in [0.2, 0.25) is 5.15 Å². The number of allylic oxidation sites excluding steroid dienone is 1. The molecule has 0 unspecified atom stereocenters. The number of aliphatic hydroxyl groups excluding tert-OH is 2. The number of halogens is 3. The van der Waals surface area contributed by atoms with E-state index in [4.69, 9.17) is 17.3 Å². The summed E-state index contributed by atoms with van der Waals surface area (Å²) in [5, 5.41) is 22.7. The van der Waals surface area contributed by atoms with E-state index < -0.39 is 11.6 Å². The first-order valence-corrected chi connectivity index (χ1v) is 14.9. The minimum absolute atomic E-state index is 0.0157. The minimum atomic E-state index is -0.892. The summed E-state index contributed by atoms with van der Waals surface area (Å²) in [6.07, 6.45) is 5.51. The Morgan fingerprint density at radius 3 is 2.54 bits per heavy atom. The number of hydrogen-bond acceptors (Lipinski definition) is 9. The lowest BCUT2D eigenvalue weighted by atomic mass is 9.95. The van der Waals surface area contributed by atoms with E-state index in [1.165, 1.54) is 6.07 Å². The Morgan fingerprint density at radius 1 is 1.15 bits per heavy atom. The Hall–Kier alpha value is -2.57. The predicted octanol–water partition coefficient (Wildman–Crippen LogP) is 3.42. The van der Waals surface area contributed by atoms with E-state index in [1.807, 2.05) is 13.0 Å². The van der Waals surface area contributed by atoms with E-state index in [0.29, 0.717) is 46.6 Å². The first-order valence-electron chi connectivity index (χ1n) is 14.5. The molecule has 12 heteroatoms. The van der Waals surface area contributed by atoms with Crippen molar-refractivity contribution in [3.63, 3.8) is 0 Å². The largest absolute Gasteiger partial charge is 0.395 e. The molecule has 226 valence electrons. The fourth-order valence-electron chi connectivity index (χ4n) is 6.05. The number of benzene rings is 1. The van der Waals surface area contributed by atoms with Crippen molar-refractivity contribution in [1.82, 2.24) is 25.1 Å². The zero-order valence-corrected chi connectivity index (χ0v) is 24.6. The Kier molecular flexibility index (Phi) is 11.1. The van der Waals surface area contributed by atoms with E-state index in [0.717, 1.165) is 64.5 Å². The average Bonchev–Trinajstić information content (AvgIpc) is 2.98. The number of aliphatic hydroxyl groups is 2. The molecule has 2 fully saturated rings. The number of nitrogen functional groups attached to an aromatic ring is 1. The molecule has 0 bridgehead atoms. The summed E-state index contributed by atoms with van der Waals surface area (Å²) in [5.41, 5.74) is 8.12. The molecule has 0 saturated carbocycles. The maximum Gasteiger partial charge on any atom is 0.172 e. The molecule has 9 nitrogen and oxygen atoms in total.